The predicted molar refractivity (Wildman–Crippen MR) is 140 cm³/mol. The van der Waals surface area contributed by atoms with Crippen molar-refractivity contribution >= 4 is 41.0 Å². The van der Waals surface area contributed by atoms with E-state index in [9.17, 15) is 35.1 Å². The Kier molecular flexibility index (Phi) is 12.6. The number of carbonyl (C=O) groups excluding carboxylic acids is 1. The fourth-order valence-corrected chi connectivity index (χ4v) is 3.12. The van der Waals surface area contributed by atoms with Crippen LogP contribution in [0.4, 0.5) is 11.4 Å². The minimum Gasteiger partial charge on any atom is -0.351 e. The average molecular weight is 550 g/mol. The monoisotopic (exact) mass is 549 g/mol. The van der Waals surface area contributed by atoms with E-state index in [4.69, 9.17) is 23.2 Å². The maximum absolute atomic E-state index is 11.2. The number of nitrogens with zero attached hydrogens (tertiary/aromatic N) is 4. The van der Waals surface area contributed by atoms with Crippen LogP contribution in [0.2, 0.25) is 10.0 Å². The SMILES string of the molecule is CC(C(c1ccc(Cl)cc1)c1ccc(Cl)cc1)[N+](=O)[O-].CN(C)C=O.O=[N+]([O-])c1[c]ccc([N+](=O)[O-])c1. The summed E-state index contributed by atoms with van der Waals surface area (Å²) in [6.07, 6.45) is 0.750. The number of halogens is 2. The summed E-state index contributed by atoms with van der Waals surface area (Å²) >= 11 is 11.7. The molecule has 3 rings (SSSR count). The summed E-state index contributed by atoms with van der Waals surface area (Å²) in [5.74, 6) is -0.334. The molecule has 1 atom stereocenters. The molecule has 13 heteroatoms. The summed E-state index contributed by atoms with van der Waals surface area (Å²) in [6, 6.07) is 18.9. The van der Waals surface area contributed by atoms with E-state index in [0.717, 1.165) is 35.7 Å². The molecule has 0 aliphatic carbocycles. The second kappa shape index (κ2) is 15.1. The van der Waals surface area contributed by atoms with Crippen molar-refractivity contribution in [1.29, 1.82) is 0 Å². The first-order chi connectivity index (χ1) is 17.4. The number of hydrogen-bond acceptors (Lipinski definition) is 7. The molecule has 0 saturated carbocycles. The van der Waals surface area contributed by atoms with E-state index < -0.39 is 21.6 Å². The Labute approximate surface area is 222 Å². The van der Waals surface area contributed by atoms with Gasteiger partial charge in [0.2, 0.25) is 12.5 Å². The summed E-state index contributed by atoms with van der Waals surface area (Å²) in [4.78, 5) is 40.6. The van der Waals surface area contributed by atoms with Crippen LogP contribution in [-0.2, 0) is 4.79 Å². The van der Waals surface area contributed by atoms with E-state index >= 15 is 0 Å². The molecule has 1 radical (unpaired) electrons. The Morgan fingerprint density at radius 3 is 1.59 bits per heavy atom. The van der Waals surface area contributed by atoms with Gasteiger partial charge in [0.05, 0.1) is 27.9 Å². The summed E-state index contributed by atoms with van der Waals surface area (Å²) in [5.41, 5.74) is 1.02. The first-order valence-corrected chi connectivity index (χ1v) is 11.2. The summed E-state index contributed by atoms with van der Waals surface area (Å²) in [5, 5.41) is 32.7. The highest BCUT2D eigenvalue weighted by Crippen LogP contribution is 2.31. The maximum Gasteiger partial charge on any atom is 0.284 e. The summed E-state index contributed by atoms with van der Waals surface area (Å²) < 4.78 is 0. The van der Waals surface area contributed by atoms with Gasteiger partial charge in [0, 0.05) is 42.1 Å². The summed E-state index contributed by atoms with van der Waals surface area (Å²) in [6.45, 7) is 1.61. The lowest BCUT2D eigenvalue weighted by Gasteiger charge is -2.19. The topological polar surface area (TPSA) is 150 Å². The Morgan fingerprint density at radius 2 is 1.27 bits per heavy atom. The van der Waals surface area contributed by atoms with Gasteiger partial charge in [-0.2, -0.15) is 0 Å². The number of rotatable bonds is 7. The first-order valence-electron chi connectivity index (χ1n) is 10.4. The smallest absolute Gasteiger partial charge is 0.284 e. The second-order valence-electron chi connectivity index (χ2n) is 7.62. The normalized spacial score (nSPS) is 10.6. The Bertz CT molecular complexity index is 1130. The van der Waals surface area contributed by atoms with Crippen LogP contribution < -0.4 is 0 Å². The molecule has 0 fully saturated rings. The molecule has 0 aromatic heterocycles. The van der Waals surface area contributed by atoms with Gasteiger partial charge >= 0.3 is 0 Å². The molecule has 0 aliphatic rings. The molecule has 0 heterocycles. The zero-order valence-electron chi connectivity index (χ0n) is 20.0. The van der Waals surface area contributed by atoms with E-state index in [0.29, 0.717) is 10.0 Å². The standard InChI is InChI=1S/C15H13Cl2NO2.C6H3N2O4.C3H7NO/c1-10(18(19)20)15(11-2-6-13(16)7-3-11)12-4-8-14(17)9-5-12;9-7(10)5-2-1-3-6(4-5)8(11)12;1-4(2)3-5/h2-10,15H,1H3;1-2,4H;3H,1-2H3. The average Bonchev–Trinajstić information content (AvgIpc) is 2.87. The molecular formula is C24H23Cl2N4O7. The van der Waals surface area contributed by atoms with Gasteiger partial charge in [0.25, 0.3) is 11.4 Å². The molecule has 1 amide bonds. The second-order valence-corrected chi connectivity index (χ2v) is 8.49. The van der Waals surface area contributed by atoms with Gasteiger partial charge in [-0.25, -0.2) is 0 Å². The van der Waals surface area contributed by atoms with Crippen molar-refractivity contribution in [2.75, 3.05) is 14.1 Å². The van der Waals surface area contributed by atoms with Gasteiger partial charge in [-0.3, -0.25) is 35.1 Å². The van der Waals surface area contributed by atoms with Gasteiger partial charge < -0.3 is 4.90 Å². The minimum atomic E-state index is -0.739. The third kappa shape index (κ3) is 10.6. The molecular weight excluding hydrogens is 527 g/mol. The third-order valence-electron chi connectivity index (χ3n) is 4.66. The molecule has 0 N–H and O–H groups in total. The number of amides is 1. The van der Waals surface area contributed by atoms with Gasteiger partial charge in [-0.1, -0.05) is 47.5 Å². The fourth-order valence-electron chi connectivity index (χ4n) is 2.87. The third-order valence-corrected chi connectivity index (χ3v) is 5.17. The highest BCUT2D eigenvalue weighted by molar-refractivity contribution is 6.30. The Hall–Kier alpha value is -4.09. The van der Waals surface area contributed by atoms with Crippen molar-refractivity contribution in [2.24, 2.45) is 0 Å². The number of hydrogen-bond donors (Lipinski definition) is 0. The lowest BCUT2D eigenvalue weighted by molar-refractivity contribution is -0.520. The highest BCUT2D eigenvalue weighted by atomic mass is 35.5. The molecule has 0 aliphatic heterocycles. The van der Waals surface area contributed by atoms with Crippen LogP contribution in [0.15, 0.2) is 66.7 Å². The lowest BCUT2D eigenvalue weighted by Crippen LogP contribution is -2.25. The number of nitro benzene ring substituents is 2. The van der Waals surface area contributed by atoms with E-state index in [1.807, 2.05) is 24.3 Å². The van der Waals surface area contributed by atoms with Gasteiger partial charge in [-0.05, 0) is 41.5 Å². The van der Waals surface area contributed by atoms with Crippen LogP contribution in [-0.4, -0.2) is 46.2 Å². The highest BCUT2D eigenvalue weighted by Gasteiger charge is 2.29. The van der Waals surface area contributed by atoms with Crippen LogP contribution >= 0.6 is 23.2 Å². The van der Waals surface area contributed by atoms with Crippen molar-refractivity contribution in [3.8, 4) is 0 Å². The first kappa shape index (κ1) is 30.9. The molecule has 3 aromatic rings. The Morgan fingerprint density at radius 1 is 0.838 bits per heavy atom. The van der Waals surface area contributed by atoms with Crippen molar-refractivity contribution in [3.63, 3.8) is 0 Å². The molecule has 0 bridgehead atoms. The van der Waals surface area contributed by atoms with Crippen LogP contribution in [0.25, 0.3) is 0 Å². The van der Waals surface area contributed by atoms with Crippen LogP contribution in [0.3, 0.4) is 0 Å². The van der Waals surface area contributed by atoms with Gasteiger partial charge in [0.1, 0.15) is 0 Å². The Balaban J connectivity index is 0.000000340. The van der Waals surface area contributed by atoms with Crippen molar-refractivity contribution in [1.82, 2.24) is 4.90 Å². The largest absolute Gasteiger partial charge is 0.351 e. The van der Waals surface area contributed by atoms with Crippen molar-refractivity contribution < 1.29 is 19.6 Å². The molecule has 11 nitrogen and oxygen atoms in total. The summed E-state index contributed by atoms with van der Waals surface area (Å²) in [7, 11) is 3.38. The van der Waals surface area contributed by atoms with Crippen molar-refractivity contribution in [2.45, 2.75) is 18.9 Å². The zero-order valence-corrected chi connectivity index (χ0v) is 21.5. The van der Waals surface area contributed by atoms with E-state index in [-0.39, 0.29) is 16.5 Å². The van der Waals surface area contributed by atoms with Crippen LogP contribution in [0.5, 0.6) is 0 Å². The van der Waals surface area contributed by atoms with Gasteiger partial charge in [-0.15, -0.1) is 0 Å². The minimum absolute atomic E-state index is 0.270. The molecule has 0 saturated heterocycles. The zero-order chi connectivity index (χ0) is 28.1. The van der Waals surface area contributed by atoms with Crippen LogP contribution in [0.1, 0.15) is 24.0 Å². The molecule has 1 unspecified atom stereocenters. The van der Waals surface area contributed by atoms with Crippen molar-refractivity contribution in [3.05, 3.63) is 124 Å². The quantitative estimate of drug-likeness (QED) is 0.205. The maximum atomic E-state index is 11.2. The molecule has 195 valence electrons. The number of carbonyl (C=O) groups is 1. The van der Waals surface area contributed by atoms with Gasteiger partial charge in [0.15, 0.2) is 0 Å². The van der Waals surface area contributed by atoms with Crippen LogP contribution in [0, 0.1) is 36.4 Å². The fraction of sp³-hybridized carbons (Fsp3) is 0.208. The molecule has 0 spiro atoms. The predicted octanol–water partition coefficient (Wildman–Crippen LogP) is 5.80. The number of benzene rings is 3. The lowest BCUT2D eigenvalue weighted by atomic mass is 9.86. The number of nitro groups is 3. The molecule has 3 aromatic carbocycles. The van der Waals surface area contributed by atoms with E-state index in [1.165, 1.54) is 4.90 Å². The van der Waals surface area contributed by atoms with E-state index in [2.05, 4.69) is 6.07 Å². The molecule has 37 heavy (non-hydrogen) atoms. The number of non-ortho nitro benzene ring substituents is 2. The van der Waals surface area contributed by atoms with E-state index in [1.54, 1.807) is 45.3 Å².